The van der Waals surface area contributed by atoms with Crippen LogP contribution in [0.25, 0.3) is 11.1 Å². The van der Waals surface area contributed by atoms with E-state index in [-0.39, 0.29) is 23.6 Å². The molecule has 2 bridgehead atoms. The quantitative estimate of drug-likeness (QED) is 0.0959. The Labute approximate surface area is 273 Å². The SMILES string of the molecule is O=C1[C@H](CC[C@H](O)c2ccccc2)[C@@H](c2ccc(-c3cccc(O)c3)cc2)N1c1ccc(CCCC[N+]23CCC(CC2)CC3)cc1. The number of β-lactam (4-membered cyclic amide) rings is 1. The minimum absolute atomic E-state index is 0.0952. The zero-order chi connectivity index (χ0) is 31.5. The Morgan fingerprint density at radius 2 is 1.50 bits per heavy atom. The maximum Gasteiger partial charge on any atom is 0.233 e. The van der Waals surface area contributed by atoms with Gasteiger partial charge in [-0.1, -0.05) is 78.9 Å². The molecule has 8 rings (SSSR count). The number of rotatable bonds is 12. The van der Waals surface area contributed by atoms with Crippen molar-refractivity contribution in [3.8, 4) is 16.9 Å². The molecule has 4 aliphatic rings. The van der Waals surface area contributed by atoms with E-state index in [1.807, 2.05) is 47.4 Å². The van der Waals surface area contributed by atoms with E-state index >= 15 is 0 Å². The number of aryl methyl sites for hydroxylation is 1. The fraction of sp³-hybridized carbons (Fsp3) is 0.390. The first-order valence-electron chi connectivity index (χ1n) is 17.4. The average Bonchev–Trinajstić information content (AvgIpc) is 3.11. The number of nitrogens with zero attached hydrogens (tertiary/aromatic N) is 2. The number of phenolic OH excluding ortho intramolecular Hbond substituents is 1. The number of hydrogen-bond acceptors (Lipinski definition) is 3. The molecule has 4 fully saturated rings. The second kappa shape index (κ2) is 13.4. The fourth-order valence-electron chi connectivity index (χ4n) is 8.31. The van der Waals surface area contributed by atoms with Gasteiger partial charge in [0.15, 0.2) is 0 Å². The number of quaternary nitrogens is 1. The van der Waals surface area contributed by atoms with Crippen LogP contribution in [0.15, 0.2) is 103 Å². The highest BCUT2D eigenvalue weighted by Gasteiger charge is 2.48. The summed E-state index contributed by atoms with van der Waals surface area (Å²) in [5.41, 5.74) is 6.22. The third kappa shape index (κ3) is 6.49. The van der Waals surface area contributed by atoms with E-state index < -0.39 is 6.10 Å². The van der Waals surface area contributed by atoms with Crippen LogP contribution in [-0.2, 0) is 11.2 Å². The normalized spacial score (nSPS) is 24.5. The van der Waals surface area contributed by atoms with Gasteiger partial charge in [0.25, 0.3) is 0 Å². The van der Waals surface area contributed by atoms with Crippen LogP contribution in [-0.4, -0.2) is 46.8 Å². The monoisotopic (exact) mass is 615 g/mol. The molecule has 4 saturated heterocycles. The molecule has 0 unspecified atom stereocenters. The molecule has 0 aliphatic carbocycles. The molecule has 0 aromatic heterocycles. The van der Waals surface area contributed by atoms with Gasteiger partial charge in [-0.05, 0) is 109 Å². The lowest BCUT2D eigenvalue weighted by molar-refractivity contribution is -0.942. The van der Waals surface area contributed by atoms with Crippen molar-refractivity contribution in [1.29, 1.82) is 0 Å². The number of unbranched alkanes of at least 4 members (excludes halogenated alkanes) is 1. The van der Waals surface area contributed by atoms with Crippen molar-refractivity contribution >= 4 is 11.6 Å². The second-order valence-corrected chi connectivity index (χ2v) is 14.0. The Hall–Kier alpha value is -3.93. The van der Waals surface area contributed by atoms with Gasteiger partial charge in [-0.15, -0.1) is 0 Å². The van der Waals surface area contributed by atoms with Crippen molar-refractivity contribution in [1.82, 2.24) is 0 Å². The van der Waals surface area contributed by atoms with Gasteiger partial charge in [0.05, 0.1) is 44.2 Å². The summed E-state index contributed by atoms with van der Waals surface area (Å²) in [7, 11) is 0. The summed E-state index contributed by atoms with van der Waals surface area (Å²) in [6.45, 7) is 5.53. The molecule has 0 saturated carbocycles. The molecule has 4 aromatic rings. The summed E-state index contributed by atoms with van der Waals surface area (Å²) >= 11 is 0. The number of benzene rings is 4. The summed E-state index contributed by atoms with van der Waals surface area (Å²) in [5, 5.41) is 20.8. The molecule has 4 aromatic carbocycles. The number of carbonyl (C=O) groups excluding carboxylic acids is 1. The van der Waals surface area contributed by atoms with Crippen molar-refractivity contribution in [2.24, 2.45) is 11.8 Å². The van der Waals surface area contributed by atoms with Gasteiger partial charge in [-0.2, -0.15) is 0 Å². The first kappa shape index (κ1) is 30.7. The number of aliphatic hydroxyl groups excluding tert-OH is 1. The number of amides is 1. The molecular formula is C41H47N2O3+. The van der Waals surface area contributed by atoms with E-state index in [1.54, 1.807) is 12.1 Å². The van der Waals surface area contributed by atoms with E-state index in [0.717, 1.165) is 40.3 Å². The zero-order valence-electron chi connectivity index (χ0n) is 26.8. The number of aliphatic hydroxyl groups is 1. The van der Waals surface area contributed by atoms with E-state index in [2.05, 4.69) is 48.5 Å². The molecule has 3 atom stereocenters. The zero-order valence-corrected chi connectivity index (χ0v) is 26.8. The standard InChI is InChI=1S/C41H46N2O3/c44-37-11-6-10-35(29-37)32-14-16-34(17-15-32)40-38(20-21-39(45)33-8-2-1-3-9-33)41(46)42(40)36-18-12-30(13-19-36)7-4-5-25-43-26-22-31(23-27-43)24-28-43/h1-3,6,8-19,29,31,38-40,45H,4-5,7,20-28H2/p+1/t31?,38-,39+,40-,43?/m1/s1. The number of phenols is 1. The molecule has 4 heterocycles. The lowest BCUT2D eigenvalue weighted by Crippen LogP contribution is -2.58. The van der Waals surface area contributed by atoms with Gasteiger partial charge < -0.3 is 19.6 Å². The maximum absolute atomic E-state index is 13.7. The minimum Gasteiger partial charge on any atom is -0.508 e. The molecular weight excluding hydrogens is 568 g/mol. The smallest absolute Gasteiger partial charge is 0.233 e. The van der Waals surface area contributed by atoms with Crippen molar-refractivity contribution in [3.05, 3.63) is 120 Å². The molecule has 1 amide bonds. The van der Waals surface area contributed by atoms with Gasteiger partial charge in [0, 0.05) is 5.69 Å². The Balaban J connectivity index is 1.04. The predicted molar refractivity (Wildman–Crippen MR) is 184 cm³/mol. The van der Waals surface area contributed by atoms with Gasteiger partial charge in [0.2, 0.25) is 5.91 Å². The number of aromatic hydroxyl groups is 1. The molecule has 4 aliphatic heterocycles. The highest BCUT2D eigenvalue weighted by Crippen LogP contribution is 2.46. The van der Waals surface area contributed by atoms with E-state index in [9.17, 15) is 15.0 Å². The van der Waals surface area contributed by atoms with Gasteiger partial charge in [-0.3, -0.25) is 4.79 Å². The Bertz CT molecular complexity index is 1600. The van der Waals surface area contributed by atoms with Crippen LogP contribution in [0.1, 0.15) is 73.8 Å². The summed E-state index contributed by atoms with van der Waals surface area (Å²) in [5.74, 6) is 1.18. The topological polar surface area (TPSA) is 60.8 Å². The van der Waals surface area contributed by atoms with Crippen LogP contribution in [0.2, 0.25) is 0 Å². The summed E-state index contributed by atoms with van der Waals surface area (Å²) in [6.07, 6.45) is 8.45. The molecule has 46 heavy (non-hydrogen) atoms. The van der Waals surface area contributed by atoms with E-state index in [4.69, 9.17) is 0 Å². The summed E-state index contributed by atoms with van der Waals surface area (Å²) < 4.78 is 1.37. The number of anilines is 1. The van der Waals surface area contributed by atoms with Crippen LogP contribution in [0.5, 0.6) is 5.75 Å². The lowest BCUT2D eigenvalue weighted by atomic mass is 9.78. The first-order chi connectivity index (χ1) is 22.5. The molecule has 0 radical (unpaired) electrons. The molecule has 238 valence electrons. The van der Waals surface area contributed by atoms with Crippen molar-refractivity contribution in [3.63, 3.8) is 0 Å². The fourth-order valence-corrected chi connectivity index (χ4v) is 8.31. The molecule has 2 N–H and O–H groups in total. The predicted octanol–water partition coefficient (Wildman–Crippen LogP) is 8.23. The molecule has 0 spiro atoms. The van der Waals surface area contributed by atoms with E-state index in [1.165, 1.54) is 68.3 Å². The van der Waals surface area contributed by atoms with E-state index in [0.29, 0.717) is 12.8 Å². The first-order valence-corrected chi connectivity index (χ1v) is 17.4. The lowest BCUT2D eigenvalue weighted by Gasteiger charge is -2.49. The van der Waals surface area contributed by atoms with Crippen LogP contribution < -0.4 is 4.90 Å². The Morgan fingerprint density at radius 1 is 0.783 bits per heavy atom. The number of carbonyl (C=O) groups is 1. The van der Waals surface area contributed by atoms with Gasteiger partial charge >= 0.3 is 0 Å². The summed E-state index contributed by atoms with van der Waals surface area (Å²) in [4.78, 5) is 15.7. The maximum atomic E-state index is 13.7. The van der Waals surface area contributed by atoms with Gasteiger partial charge in [0.1, 0.15) is 5.75 Å². The minimum atomic E-state index is -0.595. The summed E-state index contributed by atoms with van der Waals surface area (Å²) in [6, 6.07) is 33.9. The third-order valence-electron chi connectivity index (χ3n) is 11.2. The Kier molecular flexibility index (Phi) is 8.97. The van der Waals surface area contributed by atoms with Crippen molar-refractivity contribution in [2.75, 3.05) is 31.1 Å². The Morgan fingerprint density at radius 3 is 2.20 bits per heavy atom. The van der Waals surface area contributed by atoms with Crippen LogP contribution in [0.3, 0.4) is 0 Å². The van der Waals surface area contributed by atoms with Crippen LogP contribution in [0.4, 0.5) is 5.69 Å². The largest absolute Gasteiger partial charge is 0.508 e. The van der Waals surface area contributed by atoms with Crippen molar-refractivity contribution < 1.29 is 19.5 Å². The highest BCUT2D eigenvalue weighted by molar-refractivity contribution is 6.03. The molecule has 5 heteroatoms. The van der Waals surface area contributed by atoms with Crippen molar-refractivity contribution in [2.45, 2.75) is 63.5 Å². The highest BCUT2D eigenvalue weighted by atomic mass is 16.3. The van der Waals surface area contributed by atoms with Crippen LogP contribution in [0, 0.1) is 11.8 Å². The number of hydrogen-bond donors (Lipinski definition) is 2. The second-order valence-electron chi connectivity index (χ2n) is 14.0. The van der Waals surface area contributed by atoms with Gasteiger partial charge in [-0.25, -0.2) is 0 Å². The average molecular weight is 616 g/mol. The third-order valence-corrected chi connectivity index (χ3v) is 11.2. The number of fused-ring (bicyclic) bond motifs is 3. The number of piperidine rings is 3. The van der Waals surface area contributed by atoms with Crippen LogP contribution >= 0.6 is 0 Å². The molecule has 5 nitrogen and oxygen atoms in total.